The van der Waals surface area contributed by atoms with Gasteiger partial charge in [0.2, 0.25) is 0 Å². The Kier molecular flexibility index (Phi) is 5.15. The smallest absolute Gasteiger partial charge is 0.106 e. The summed E-state index contributed by atoms with van der Waals surface area (Å²) in [5.74, 6) is 0. The maximum Gasteiger partial charge on any atom is 0.106 e. The minimum Gasteiger partial charge on any atom is -0.399 e. The quantitative estimate of drug-likeness (QED) is 0.458. The maximum absolute atomic E-state index is 4.57. The molecule has 0 aliphatic heterocycles. The minimum atomic E-state index is 0.682. The van der Waals surface area contributed by atoms with Crippen molar-refractivity contribution in [1.82, 2.24) is 0 Å². The van der Waals surface area contributed by atoms with Crippen LogP contribution in [0.2, 0.25) is 0 Å². The highest BCUT2D eigenvalue weighted by molar-refractivity contribution is 6.01. The van der Waals surface area contributed by atoms with Crippen molar-refractivity contribution in [1.29, 1.82) is 0 Å². The van der Waals surface area contributed by atoms with Crippen LogP contribution in [0.4, 0.5) is 0 Å². The van der Waals surface area contributed by atoms with Gasteiger partial charge in [-0.05, 0) is 13.8 Å². The average Bonchev–Trinajstić information content (AvgIpc) is 1.87. The molecule has 11 heavy (non-hydrogen) atoms. The molecule has 0 heterocycles. The van der Waals surface area contributed by atoms with Crippen LogP contribution in [0, 0.1) is 0 Å². The standard InChI is InChI=1S/C7H14N2O2/c1-6(8-10-3)5-7(2)9-11-4/h5H2,1-4H3/b8-6+,9-7+. The monoisotopic (exact) mass is 158 g/mol. The normalized spacial score (nSPS) is 13.1. The average molecular weight is 158 g/mol. The van der Waals surface area contributed by atoms with E-state index in [1.54, 1.807) is 0 Å². The largest absolute Gasteiger partial charge is 0.399 e. The lowest BCUT2D eigenvalue weighted by Gasteiger charge is -1.97. The van der Waals surface area contributed by atoms with Gasteiger partial charge in [0.1, 0.15) is 14.2 Å². The van der Waals surface area contributed by atoms with Crippen LogP contribution >= 0.6 is 0 Å². The van der Waals surface area contributed by atoms with Gasteiger partial charge < -0.3 is 9.68 Å². The van der Waals surface area contributed by atoms with Crippen molar-refractivity contribution in [3.05, 3.63) is 0 Å². The summed E-state index contributed by atoms with van der Waals surface area (Å²) in [6.07, 6.45) is 0.682. The molecule has 0 aromatic heterocycles. The summed E-state index contributed by atoms with van der Waals surface area (Å²) in [4.78, 5) is 9.15. The van der Waals surface area contributed by atoms with Crippen molar-refractivity contribution >= 4 is 11.4 Å². The number of hydrogen-bond acceptors (Lipinski definition) is 4. The summed E-state index contributed by atoms with van der Waals surface area (Å²) in [5.41, 5.74) is 1.76. The minimum absolute atomic E-state index is 0.682. The molecule has 0 fully saturated rings. The predicted octanol–water partition coefficient (Wildman–Crippen LogP) is 1.42. The van der Waals surface area contributed by atoms with Crippen LogP contribution < -0.4 is 0 Å². The molecule has 0 saturated heterocycles. The summed E-state index contributed by atoms with van der Waals surface area (Å²) < 4.78 is 0. The molecule has 0 amide bonds. The number of oxime groups is 2. The van der Waals surface area contributed by atoms with Gasteiger partial charge in [0.15, 0.2) is 0 Å². The van der Waals surface area contributed by atoms with Gasteiger partial charge in [-0.15, -0.1) is 0 Å². The Bertz CT molecular complexity index is 146. The van der Waals surface area contributed by atoms with E-state index in [2.05, 4.69) is 20.0 Å². The van der Waals surface area contributed by atoms with Crippen LogP contribution in [0.15, 0.2) is 10.3 Å². The highest BCUT2D eigenvalue weighted by atomic mass is 16.6. The second-order valence-corrected chi connectivity index (χ2v) is 2.20. The van der Waals surface area contributed by atoms with Gasteiger partial charge >= 0.3 is 0 Å². The molecule has 0 aliphatic rings. The van der Waals surface area contributed by atoms with Gasteiger partial charge in [-0.2, -0.15) is 0 Å². The van der Waals surface area contributed by atoms with E-state index >= 15 is 0 Å². The van der Waals surface area contributed by atoms with Gasteiger partial charge in [0.05, 0.1) is 11.4 Å². The second kappa shape index (κ2) is 5.70. The lowest BCUT2D eigenvalue weighted by molar-refractivity contribution is 0.210. The SMILES string of the molecule is CO/N=C(\C)C/C(C)=N/OC. The zero-order valence-electron chi connectivity index (χ0n) is 7.42. The Hall–Kier alpha value is -1.06. The van der Waals surface area contributed by atoms with Crippen LogP contribution in [0.1, 0.15) is 20.3 Å². The van der Waals surface area contributed by atoms with E-state index in [1.807, 2.05) is 13.8 Å². The molecule has 0 atom stereocenters. The lowest BCUT2D eigenvalue weighted by atomic mass is 10.2. The Labute approximate surface area is 66.9 Å². The van der Waals surface area contributed by atoms with E-state index in [1.165, 1.54) is 14.2 Å². The molecule has 4 nitrogen and oxygen atoms in total. The summed E-state index contributed by atoms with van der Waals surface area (Å²) in [5, 5.41) is 7.45. The highest BCUT2D eigenvalue weighted by Gasteiger charge is 1.95. The number of hydrogen-bond donors (Lipinski definition) is 0. The maximum atomic E-state index is 4.57. The third-order valence-electron chi connectivity index (χ3n) is 1.01. The molecular formula is C7H14N2O2. The van der Waals surface area contributed by atoms with Gasteiger partial charge in [-0.3, -0.25) is 0 Å². The van der Waals surface area contributed by atoms with Gasteiger partial charge in [0, 0.05) is 6.42 Å². The van der Waals surface area contributed by atoms with Crippen molar-refractivity contribution in [2.75, 3.05) is 14.2 Å². The first kappa shape index (κ1) is 9.94. The number of rotatable bonds is 4. The Morgan fingerprint density at radius 1 is 1.00 bits per heavy atom. The van der Waals surface area contributed by atoms with Crippen molar-refractivity contribution in [2.45, 2.75) is 20.3 Å². The molecular weight excluding hydrogens is 144 g/mol. The van der Waals surface area contributed by atoms with Crippen molar-refractivity contribution in [2.24, 2.45) is 10.3 Å². The van der Waals surface area contributed by atoms with E-state index in [9.17, 15) is 0 Å². The zero-order chi connectivity index (χ0) is 8.69. The second-order valence-electron chi connectivity index (χ2n) is 2.20. The van der Waals surface area contributed by atoms with E-state index in [4.69, 9.17) is 0 Å². The highest BCUT2D eigenvalue weighted by Crippen LogP contribution is 1.91. The molecule has 0 unspecified atom stereocenters. The molecule has 4 heteroatoms. The first-order chi connectivity index (χ1) is 5.20. The van der Waals surface area contributed by atoms with E-state index in [0.717, 1.165) is 11.4 Å². The van der Waals surface area contributed by atoms with Crippen molar-refractivity contribution in [3.63, 3.8) is 0 Å². The van der Waals surface area contributed by atoms with Crippen molar-refractivity contribution in [3.8, 4) is 0 Å². The molecule has 0 saturated carbocycles. The van der Waals surface area contributed by atoms with E-state index in [0.29, 0.717) is 6.42 Å². The van der Waals surface area contributed by atoms with Crippen LogP contribution in [0.5, 0.6) is 0 Å². The molecule has 0 aromatic carbocycles. The van der Waals surface area contributed by atoms with E-state index in [-0.39, 0.29) is 0 Å². The molecule has 0 aromatic rings. The first-order valence-corrected chi connectivity index (χ1v) is 3.34. The third kappa shape index (κ3) is 5.39. The third-order valence-corrected chi connectivity index (χ3v) is 1.01. The topological polar surface area (TPSA) is 43.2 Å². The van der Waals surface area contributed by atoms with Crippen LogP contribution in [-0.2, 0) is 9.68 Å². The summed E-state index contributed by atoms with van der Waals surface area (Å²) in [7, 11) is 3.04. The molecule has 0 bridgehead atoms. The van der Waals surface area contributed by atoms with Gasteiger partial charge in [-0.1, -0.05) is 10.3 Å². The first-order valence-electron chi connectivity index (χ1n) is 3.34. The fraction of sp³-hybridized carbons (Fsp3) is 0.714. The zero-order valence-corrected chi connectivity index (χ0v) is 7.42. The Morgan fingerprint density at radius 3 is 1.64 bits per heavy atom. The van der Waals surface area contributed by atoms with Crippen molar-refractivity contribution < 1.29 is 9.68 Å². The molecule has 0 aliphatic carbocycles. The van der Waals surface area contributed by atoms with Crippen LogP contribution in [0.25, 0.3) is 0 Å². The van der Waals surface area contributed by atoms with E-state index < -0.39 is 0 Å². The number of nitrogens with zero attached hydrogens (tertiary/aromatic N) is 2. The van der Waals surface area contributed by atoms with Gasteiger partial charge in [0.25, 0.3) is 0 Å². The summed E-state index contributed by atoms with van der Waals surface area (Å²) in [6.45, 7) is 3.75. The lowest BCUT2D eigenvalue weighted by Crippen LogP contribution is -2.01. The fourth-order valence-electron chi connectivity index (χ4n) is 0.746. The molecule has 0 radical (unpaired) electrons. The fourth-order valence-corrected chi connectivity index (χ4v) is 0.746. The van der Waals surface area contributed by atoms with Gasteiger partial charge in [-0.25, -0.2) is 0 Å². The van der Waals surface area contributed by atoms with Crippen LogP contribution in [0.3, 0.4) is 0 Å². The Balaban J connectivity index is 3.84. The van der Waals surface area contributed by atoms with Crippen LogP contribution in [-0.4, -0.2) is 25.6 Å². The molecule has 64 valence electrons. The molecule has 0 rings (SSSR count). The summed E-state index contributed by atoms with van der Waals surface area (Å²) in [6, 6.07) is 0. The molecule has 0 spiro atoms. The summed E-state index contributed by atoms with van der Waals surface area (Å²) >= 11 is 0. The Morgan fingerprint density at radius 2 is 1.36 bits per heavy atom. The molecule has 0 N–H and O–H groups in total. The predicted molar refractivity (Wildman–Crippen MR) is 44.9 cm³/mol.